The molecule has 0 radical (unpaired) electrons. The zero-order chi connectivity index (χ0) is 13.8. The summed E-state index contributed by atoms with van der Waals surface area (Å²) < 4.78 is 0.743. The molecule has 1 aromatic heterocycles. The van der Waals surface area contributed by atoms with E-state index in [0.717, 1.165) is 17.3 Å². The van der Waals surface area contributed by atoms with Crippen LogP contribution >= 0.6 is 15.9 Å². The van der Waals surface area contributed by atoms with E-state index in [-0.39, 0.29) is 17.9 Å². The van der Waals surface area contributed by atoms with Crippen LogP contribution in [0.2, 0.25) is 0 Å². The molecule has 2 atom stereocenters. The van der Waals surface area contributed by atoms with Crippen LogP contribution in [-0.4, -0.2) is 28.0 Å². The van der Waals surface area contributed by atoms with Crippen LogP contribution < -0.4 is 5.32 Å². The van der Waals surface area contributed by atoms with Crippen LogP contribution in [0.4, 0.5) is 0 Å². The molecule has 1 amide bonds. The summed E-state index contributed by atoms with van der Waals surface area (Å²) in [6.45, 7) is 0. The van der Waals surface area contributed by atoms with Gasteiger partial charge in [0.2, 0.25) is 0 Å². The molecule has 2 rings (SSSR count). The Bertz CT molecular complexity index is 493. The van der Waals surface area contributed by atoms with Crippen molar-refractivity contribution in [1.82, 2.24) is 10.3 Å². The first-order valence-electron chi connectivity index (χ1n) is 6.20. The van der Waals surface area contributed by atoms with Gasteiger partial charge in [-0.1, -0.05) is 6.42 Å². The number of hydrogen-bond donors (Lipinski definition) is 2. The lowest BCUT2D eigenvalue weighted by Gasteiger charge is -2.27. The first-order valence-corrected chi connectivity index (χ1v) is 7.00. The molecule has 1 aliphatic rings. The van der Waals surface area contributed by atoms with E-state index in [1.54, 1.807) is 12.3 Å². The molecular weight excluding hydrogens is 312 g/mol. The highest BCUT2D eigenvalue weighted by Gasteiger charge is 2.27. The van der Waals surface area contributed by atoms with Crippen molar-refractivity contribution < 1.29 is 14.7 Å². The van der Waals surface area contributed by atoms with Crippen molar-refractivity contribution in [1.29, 1.82) is 0 Å². The number of carboxylic acid groups (broad SMARTS) is 1. The van der Waals surface area contributed by atoms with Crippen LogP contribution in [0.15, 0.2) is 22.9 Å². The SMILES string of the molecule is O=C(NC1CCCC(C(=O)O)C1)c1cncc(Br)c1. The van der Waals surface area contributed by atoms with Gasteiger partial charge < -0.3 is 10.4 Å². The summed E-state index contributed by atoms with van der Waals surface area (Å²) in [5.74, 6) is -1.33. The van der Waals surface area contributed by atoms with Gasteiger partial charge in [0.1, 0.15) is 0 Å². The molecule has 1 heterocycles. The van der Waals surface area contributed by atoms with Gasteiger partial charge in [0.05, 0.1) is 11.5 Å². The van der Waals surface area contributed by atoms with Gasteiger partial charge in [-0.05, 0) is 41.3 Å². The number of hydrogen-bond acceptors (Lipinski definition) is 3. The topological polar surface area (TPSA) is 79.3 Å². The Kier molecular flexibility index (Phi) is 4.52. The number of aromatic nitrogens is 1. The summed E-state index contributed by atoms with van der Waals surface area (Å²) in [4.78, 5) is 26.9. The van der Waals surface area contributed by atoms with Gasteiger partial charge in [0.25, 0.3) is 5.91 Å². The number of halogens is 1. The fourth-order valence-corrected chi connectivity index (χ4v) is 2.71. The minimum absolute atomic E-state index is 0.0682. The van der Waals surface area contributed by atoms with Gasteiger partial charge >= 0.3 is 5.97 Å². The summed E-state index contributed by atoms with van der Waals surface area (Å²) >= 11 is 3.26. The molecule has 2 unspecified atom stereocenters. The Labute approximate surface area is 119 Å². The quantitative estimate of drug-likeness (QED) is 0.892. The minimum atomic E-state index is -0.775. The van der Waals surface area contributed by atoms with Crippen LogP contribution in [0.3, 0.4) is 0 Å². The molecule has 0 aromatic carbocycles. The van der Waals surface area contributed by atoms with E-state index in [1.807, 2.05) is 0 Å². The molecule has 1 fully saturated rings. The maximum absolute atomic E-state index is 12.0. The third kappa shape index (κ3) is 3.76. The second-order valence-electron chi connectivity index (χ2n) is 4.76. The second kappa shape index (κ2) is 6.14. The van der Waals surface area contributed by atoms with Gasteiger partial charge in [0.15, 0.2) is 0 Å². The summed E-state index contributed by atoms with van der Waals surface area (Å²) in [5.41, 5.74) is 0.479. The van der Waals surface area contributed by atoms with Crippen molar-refractivity contribution in [2.24, 2.45) is 5.92 Å². The van der Waals surface area contributed by atoms with Crippen molar-refractivity contribution in [2.75, 3.05) is 0 Å². The molecule has 102 valence electrons. The molecule has 0 spiro atoms. The van der Waals surface area contributed by atoms with Crippen molar-refractivity contribution in [3.8, 4) is 0 Å². The van der Waals surface area contributed by atoms with Gasteiger partial charge in [-0.3, -0.25) is 14.6 Å². The Hall–Kier alpha value is -1.43. The first-order chi connectivity index (χ1) is 9.06. The number of carbonyl (C=O) groups excluding carboxylic acids is 1. The summed E-state index contributed by atoms with van der Waals surface area (Å²) in [6, 6.07) is 1.63. The molecule has 0 bridgehead atoms. The zero-order valence-corrected chi connectivity index (χ0v) is 11.9. The number of carbonyl (C=O) groups is 2. The third-order valence-electron chi connectivity index (χ3n) is 3.33. The molecule has 6 heteroatoms. The molecule has 1 aromatic rings. The van der Waals surface area contributed by atoms with Crippen molar-refractivity contribution in [3.63, 3.8) is 0 Å². The van der Waals surface area contributed by atoms with E-state index < -0.39 is 5.97 Å². The van der Waals surface area contributed by atoms with Gasteiger partial charge in [-0.25, -0.2) is 0 Å². The summed E-state index contributed by atoms with van der Waals surface area (Å²) in [5, 5.41) is 11.9. The van der Waals surface area contributed by atoms with Crippen LogP contribution in [-0.2, 0) is 4.79 Å². The Morgan fingerprint density at radius 3 is 2.84 bits per heavy atom. The number of carboxylic acids is 1. The van der Waals surface area contributed by atoms with E-state index >= 15 is 0 Å². The second-order valence-corrected chi connectivity index (χ2v) is 5.68. The Morgan fingerprint density at radius 2 is 2.16 bits per heavy atom. The highest BCUT2D eigenvalue weighted by molar-refractivity contribution is 9.10. The van der Waals surface area contributed by atoms with E-state index in [0.29, 0.717) is 18.4 Å². The molecule has 0 saturated heterocycles. The van der Waals surface area contributed by atoms with Crippen molar-refractivity contribution in [3.05, 3.63) is 28.5 Å². The molecule has 1 aliphatic carbocycles. The Balaban J connectivity index is 1.97. The minimum Gasteiger partial charge on any atom is -0.481 e. The first kappa shape index (κ1) is 14.0. The molecule has 1 saturated carbocycles. The average Bonchev–Trinajstić information content (AvgIpc) is 2.39. The zero-order valence-electron chi connectivity index (χ0n) is 10.3. The van der Waals surface area contributed by atoms with Crippen LogP contribution in [0.1, 0.15) is 36.0 Å². The number of amides is 1. The number of nitrogens with one attached hydrogen (secondary N) is 1. The molecule has 2 N–H and O–H groups in total. The smallest absolute Gasteiger partial charge is 0.306 e. The largest absolute Gasteiger partial charge is 0.481 e. The predicted octanol–water partition coefficient (Wildman–Crippen LogP) is 2.22. The van der Waals surface area contributed by atoms with E-state index in [2.05, 4.69) is 26.2 Å². The predicted molar refractivity (Wildman–Crippen MR) is 72.8 cm³/mol. The number of nitrogens with zero attached hydrogens (tertiary/aromatic N) is 1. The fourth-order valence-electron chi connectivity index (χ4n) is 2.35. The number of aliphatic carboxylic acids is 1. The monoisotopic (exact) mass is 326 g/mol. The fraction of sp³-hybridized carbons (Fsp3) is 0.462. The lowest BCUT2D eigenvalue weighted by molar-refractivity contribution is -0.143. The van der Waals surface area contributed by atoms with E-state index in [1.165, 1.54) is 6.20 Å². The molecule has 5 nitrogen and oxygen atoms in total. The lowest BCUT2D eigenvalue weighted by Crippen LogP contribution is -2.39. The summed E-state index contributed by atoms with van der Waals surface area (Å²) in [7, 11) is 0. The normalized spacial score (nSPS) is 22.8. The summed E-state index contributed by atoms with van der Waals surface area (Å²) in [6.07, 6.45) is 5.97. The highest BCUT2D eigenvalue weighted by atomic mass is 79.9. The number of rotatable bonds is 3. The third-order valence-corrected chi connectivity index (χ3v) is 3.76. The number of pyridine rings is 1. The maximum atomic E-state index is 12.0. The molecule has 19 heavy (non-hydrogen) atoms. The molecular formula is C13H15BrN2O3. The average molecular weight is 327 g/mol. The van der Waals surface area contributed by atoms with Gasteiger partial charge in [-0.2, -0.15) is 0 Å². The molecule has 0 aliphatic heterocycles. The van der Waals surface area contributed by atoms with Crippen molar-refractivity contribution >= 4 is 27.8 Å². The maximum Gasteiger partial charge on any atom is 0.306 e. The van der Waals surface area contributed by atoms with Crippen LogP contribution in [0.5, 0.6) is 0 Å². The highest BCUT2D eigenvalue weighted by Crippen LogP contribution is 2.24. The standard InChI is InChI=1S/C13H15BrN2O3/c14-10-4-9(6-15-7-10)12(17)16-11-3-1-2-8(5-11)13(18)19/h4,6-8,11H,1-3,5H2,(H,16,17)(H,18,19). The van der Waals surface area contributed by atoms with Crippen LogP contribution in [0.25, 0.3) is 0 Å². The van der Waals surface area contributed by atoms with E-state index in [9.17, 15) is 9.59 Å². The van der Waals surface area contributed by atoms with Gasteiger partial charge in [0, 0.05) is 22.9 Å². The van der Waals surface area contributed by atoms with Crippen molar-refractivity contribution in [2.45, 2.75) is 31.7 Å². The lowest BCUT2D eigenvalue weighted by atomic mass is 9.85. The van der Waals surface area contributed by atoms with E-state index in [4.69, 9.17) is 5.11 Å². The van der Waals surface area contributed by atoms with Gasteiger partial charge in [-0.15, -0.1) is 0 Å². The Morgan fingerprint density at radius 1 is 1.37 bits per heavy atom. The van der Waals surface area contributed by atoms with Crippen LogP contribution in [0, 0.1) is 5.92 Å².